The maximum atomic E-state index is 12.6. The molecule has 0 saturated carbocycles. The van der Waals surface area contributed by atoms with E-state index in [9.17, 15) is 18.0 Å². The lowest BCUT2D eigenvalue weighted by Crippen LogP contribution is -2.42. The highest BCUT2D eigenvalue weighted by atomic mass is 32.1. The second kappa shape index (κ2) is 10.4. The number of ether oxygens (including phenoxy) is 1. The van der Waals surface area contributed by atoms with E-state index in [0.29, 0.717) is 6.42 Å². The van der Waals surface area contributed by atoms with Gasteiger partial charge in [0.1, 0.15) is 0 Å². The number of aliphatic carboxylic acids is 1. The Morgan fingerprint density at radius 3 is 2.59 bits per heavy atom. The highest BCUT2D eigenvalue weighted by Crippen LogP contribution is 2.25. The molecule has 0 bridgehead atoms. The van der Waals surface area contributed by atoms with Crippen LogP contribution in [-0.4, -0.2) is 58.8 Å². The number of carboxylic acid groups (broad SMARTS) is 1. The minimum Gasteiger partial charge on any atom is -0.475 e. The van der Waals surface area contributed by atoms with Crippen LogP contribution in [-0.2, 0) is 27.2 Å². The standard InChI is InChI=1S/C17H20N2O2S.C2HF3O2/c1-21-16-4-7-19(17(20)10-14-5-8-22-12-14)15(16)9-13-3-2-6-18-11-13;3-2(4,5)1(6)7/h2-3,5-6,8,11-12,15-16H,4,7,9-10H2,1H3;(H,6,7)/t15-,16+;/m0./s1. The second-order valence-corrected chi connectivity index (χ2v) is 7.17. The number of pyridine rings is 1. The molecule has 1 aliphatic rings. The first kappa shape index (κ1) is 22.8. The zero-order valence-corrected chi connectivity index (χ0v) is 16.4. The zero-order valence-electron chi connectivity index (χ0n) is 15.6. The summed E-state index contributed by atoms with van der Waals surface area (Å²) in [5.74, 6) is -2.57. The maximum Gasteiger partial charge on any atom is 0.490 e. The molecule has 10 heteroatoms. The summed E-state index contributed by atoms with van der Waals surface area (Å²) in [7, 11) is 1.73. The highest BCUT2D eigenvalue weighted by Gasteiger charge is 2.38. The molecule has 2 aromatic heterocycles. The van der Waals surface area contributed by atoms with Crippen molar-refractivity contribution in [3.63, 3.8) is 0 Å². The van der Waals surface area contributed by atoms with Gasteiger partial charge in [0, 0.05) is 26.0 Å². The summed E-state index contributed by atoms with van der Waals surface area (Å²) in [6.45, 7) is 0.770. The number of rotatable bonds is 5. The third-order valence-corrected chi connectivity index (χ3v) is 5.18. The number of carboxylic acids is 1. The monoisotopic (exact) mass is 430 g/mol. The third-order valence-electron chi connectivity index (χ3n) is 4.45. The van der Waals surface area contributed by atoms with Crippen molar-refractivity contribution in [3.8, 4) is 0 Å². The fourth-order valence-electron chi connectivity index (χ4n) is 3.08. The number of carbonyl (C=O) groups excluding carboxylic acids is 1. The Balaban J connectivity index is 0.000000370. The normalized spacial score (nSPS) is 18.8. The van der Waals surface area contributed by atoms with Gasteiger partial charge < -0.3 is 14.7 Å². The molecule has 2 atom stereocenters. The maximum absolute atomic E-state index is 12.6. The Kier molecular flexibility index (Phi) is 8.15. The van der Waals surface area contributed by atoms with E-state index in [2.05, 4.69) is 11.1 Å². The molecule has 1 fully saturated rings. The van der Waals surface area contributed by atoms with Gasteiger partial charge in [-0.3, -0.25) is 9.78 Å². The average Bonchev–Trinajstić information content (AvgIpc) is 3.32. The summed E-state index contributed by atoms with van der Waals surface area (Å²) < 4.78 is 37.3. The van der Waals surface area contributed by atoms with Gasteiger partial charge in [-0.1, -0.05) is 6.07 Å². The molecule has 0 radical (unpaired) electrons. The molecule has 1 N–H and O–H groups in total. The Labute approximate surface area is 169 Å². The molecule has 158 valence electrons. The van der Waals surface area contributed by atoms with Gasteiger partial charge in [0.15, 0.2) is 0 Å². The molecular weight excluding hydrogens is 409 g/mol. The van der Waals surface area contributed by atoms with Crippen LogP contribution in [0, 0.1) is 0 Å². The van der Waals surface area contributed by atoms with E-state index in [1.54, 1.807) is 24.6 Å². The molecule has 1 aliphatic heterocycles. The van der Waals surface area contributed by atoms with Crippen LogP contribution in [0.2, 0.25) is 0 Å². The van der Waals surface area contributed by atoms with Crippen molar-refractivity contribution in [3.05, 3.63) is 52.5 Å². The number of thiophene rings is 1. The Hall–Kier alpha value is -2.46. The van der Waals surface area contributed by atoms with Gasteiger partial charge in [0.2, 0.25) is 5.91 Å². The summed E-state index contributed by atoms with van der Waals surface area (Å²) in [5.41, 5.74) is 2.24. The smallest absolute Gasteiger partial charge is 0.475 e. The van der Waals surface area contributed by atoms with Gasteiger partial charge in [-0.25, -0.2) is 4.79 Å². The molecule has 0 aromatic carbocycles. The number of methoxy groups -OCH3 is 1. The number of amides is 1. The van der Waals surface area contributed by atoms with Gasteiger partial charge in [0.05, 0.1) is 18.6 Å². The largest absolute Gasteiger partial charge is 0.490 e. The van der Waals surface area contributed by atoms with E-state index in [1.807, 2.05) is 34.0 Å². The molecule has 29 heavy (non-hydrogen) atoms. The van der Waals surface area contributed by atoms with Crippen LogP contribution >= 0.6 is 11.3 Å². The Morgan fingerprint density at radius 1 is 1.34 bits per heavy atom. The molecule has 6 nitrogen and oxygen atoms in total. The van der Waals surface area contributed by atoms with Gasteiger partial charge in [-0.15, -0.1) is 0 Å². The molecule has 1 amide bonds. The quantitative estimate of drug-likeness (QED) is 0.788. The van der Waals surface area contributed by atoms with Gasteiger partial charge >= 0.3 is 12.1 Å². The molecule has 1 saturated heterocycles. The zero-order chi connectivity index (χ0) is 21.4. The molecule has 0 aliphatic carbocycles. The van der Waals surface area contributed by atoms with Gasteiger partial charge in [-0.2, -0.15) is 24.5 Å². The number of alkyl halides is 3. The first-order valence-corrected chi connectivity index (χ1v) is 9.69. The number of carbonyl (C=O) groups is 2. The average molecular weight is 430 g/mol. The minimum atomic E-state index is -5.08. The fourth-order valence-corrected chi connectivity index (χ4v) is 3.75. The lowest BCUT2D eigenvalue weighted by molar-refractivity contribution is -0.192. The number of hydrogen-bond acceptors (Lipinski definition) is 5. The number of hydrogen-bond donors (Lipinski definition) is 1. The van der Waals surface area contributed by atoms with Crippen molar-refractivity contribution in [2.45, 2.75) is 37.6 Å². The predicted octanol–water partition coefficient (Wildman–Crippen LogP) is 3.18. The van der Waals surface area contributed by atoms with Crippen LogP contribution < -0.4 is 0 Å². The topological polar surface area (TPSA) is 79.7 Å². The number of likely N-dealkylation sites (tertiary alicyclic amines) is 1. The van der Waals surface area contributed by atoms with Crippen LogP contribution in [0.1, 0.15) is 17.5 Å². The first-order chi connectivity index (χ1) is 13.7. The minimum absolute atomic E-state index is 0.0975. The van der Waals surface area contributed by atoms with Crippen LogP contribution in [0.5, 0.6) is 0 Å². The molecule has 3 heterocycles. The number of nitrogens with zero attached hydrogens (tertiary/aromatic N) is 2. The second-order valence-electron chi connectivity index (χ2n) is 6.39. The van der Waals surface area contributed by atoms with Crippen molar-refractivity contribution in [2.24, 2.45) is 0 Å². The van der Waals surface area contributed by atoms with Crippen molar-refractivity contribution in [1.82, 2.24) is 9.88 Å². The summed E-state index contributed by atoms with van der Waals surface area (Å²) in [6.07, 6.45) is 0.826. The third kappa shape index (κ3) is 6.82. The first-order valence-electron chi connectivity index (χ1n) is 8.74. The molecule has 3 rings (SSSR count). The summed E-state index contributed by atoms with van der Waals surface area (Å²) in [4.78, 5) is 27.7. The van der Waals surface area contributed by atoms with E-state index >= 15 is 0 Å². The van der Waals surface area contributed by atoms with Crippen LogP contribution in [0.3, 0.4) is 0 Å². The molecule has 0 spiro atoms. The summed E-state index contributed by atoms with van der Waals surface area (Å²) in [6, 6.07) is 6.10. The predicted molar refractivity (Wildman–Crippen MR) is 101 cm³/mol. The van der Waals surface area contributed by atoms with Crippen LogP contribution in [0.15, 0.2) is 41.4 Å². The van der Waals surface area contributed by atoms with E-state index in [-0.39, 0.29) is 18.1 Å². The van der Waals surface area contributed by atoms with Crippen LogP contribution in [0.4, 0.5) is 13.2 Å². The highest BCUT2D eigenvalue weighted by molar-refractivity contribution is 7.08. The molecule has 0 unspecified atom stereocenters. The number of halogens is 3. The summed E-state index contributed by atoms with van der Waals surface area (Å²) in [5, 5.41) is 11.2. The van der Waals surface area contributed by atoms with Crippen molar-refractivity contribution >= 4 is 23.2 Å². The van der Waals surface area contributed by atoms with E-state index < -0.39 is 12.1 Å². The molecular formula is C19H21F3N2O4S. The van der Waals surface area contributed by atoms with Gasteiger partial charge in [-0.05, 0) is 46.9 Å². The van der Waals surface area contributed by atoms with Crippen molar-refractivity contribution < 1.29 is 32.6 Å². The number of aromatic nitrogens is 1. The summed E-state index contributed by atoms with van der Waals surface area (Å²) >= 11 is 1.63. The lowest BCUT2D eigenvalue weighted by atomic mass is 10.0. The van der Waals surface area contributed by atoms with E-state index in [0.717, 1.165) is 30.5 Å². The molecule has 2 aromatic rings. The Morgan fingerprint density at radius 2 is 2.07 bits per heavy atom. The van der Waals surface area contributed by atoms with E-state index in [1.165, 1.54) is 0 Å². The van der Waals surface area contributed by atoms with Crippen molar-refractivity contribution in [1.29, 1.82) is 0 Å². The van der Waals surface area contributed by atoms with E-state index in [4.69, 9.17) is 14.6 Å². The lowest BCUT2D eigenvalue weighted by Gasteiger charge is -2.27. The van der Waals surface area contributed by atoms with Crippen LogP contribution in [0.25, 0.3) is 0 Å². The Bertz CT molecular complexity index is 785. The SMILES string of the molecule is CO[C@@H]1CCN(C(=O)Cc2ccsc2)[C@H]1Cc1cccnc1.O=C(O)C(F)(F)F. The van der Waals surface area contributed by atoms with Gasteiger partial charge in [0.25, 0.3) is 0 Å². The van der Waals surface area contributed by atoms with Crippen molar-refractivity contribution in [2.75, 3.05) is 13.7 Å². The fraction of sp³-hybridized carbons (Fsp3) is 0.421.